The van der Waals surface area contributed by atoms with Gasteiger partial charge in [-0.15, -0.1) is 0 Å². The molecule has 0 spiro atoms. The van der Waals surface area contributed by atoms with Crippen LogP contribution in [0.3, 0.4) is 0 Å². The predicted octanol–water partition coefficient (Wildman–Crippen LogP) is 1.02. The molecule has 0 unspecified atom stereocenters. The molecule has 1 aliphatic rings. The maximum absolute atomic E-state index is 5.99. The Balaban J connectivity index is 1.96. The van der Waals surface area contributed by atoms with Crippen LogP contribution in [-0.2, 0) is 14.2 Å². The number of imidazole rings is 1. The van der Waals surface area contributed by atoms with E-state index in [1.54, 1.807) is 20.5 Å². The molecule has 21 heavy (non-hydrogen) atoms. The van der Waals surface area contributed by atoms with E-state index in [0.717, 1.165) is 0 Å². The van der Waals surface area contributed by atoms with Crippen molar-refractivity contribution in [1.29, 1.82) is 0 Å². The number of ether oxygens (including phenoxy) is 3. The number of hydrogen-bond donors (Lipinski definition) is 2. The zero-order chi connectivity index (χ0) is 15.0. The Hall–Kier alpha value is -1.55. The number of fused-ring (bicyclic) bond motifs is 1. The highest BCUT2D eigenvalue weighted by molar-refractivity contribution is 7.71. The minimum absolute atomic E-state index is 0.0389. The van der Waals surface area contributed by atoms with E-state index in [2.05, 4.69) is 15.0 Å². The summed E-state index contributed by atoms with van der Waals surface area (Å²) in [7, 11) is 3.30. The first-order chi connectivity index (χ1) is 10.1. The molecule has 8 nitrogen and oxygen atoms in total. The Morgan fingerprint density at radius 2 is 2.38 bits per heavy atom. The van der Waals surface area contributed by atoms with Gasteiger partial charge in [-0.3, -0.25) is 4.57 Å². The van der Waals surface area contributed by atoms with E-state index in [4.69, 9.17) is 32.2 Å². The van der Waals surface area contributed by atoms with Gasteiger partial charge in [0.15, 0.2) is 5.65 Å². The lowest BCUT2D eigenvalue weighted by atomic mass is 10.2. The van der Waals surface area contributed by atoms with Crippen molar-refractivity contribution >= 4 is 29.3 Å². The lowest BCUT2D eigenvalue weighted by Crippen LogP contribution is -2.27. The normalized spacial score (nSPS) is 25.7. The van der Waals surface area contributed by atoms with E-state index >= 15 is 0 Å². The van der Waals surface area contributed by atoms with Crippen LogP contribution in [0.4, 0.5) is 5.95 Å². The van der Waals surface area contributed by atoms with Crippen LogP contribution < -0.4 is 5.73 Å². The van der Waals surface area contributed by atoms with Crippen molar-refractivity contribution in [3.05, 3.63) is 11.0 Å². The van der Waals surface area contributed by atoms with Gasteiger partial charge in [-0.1, -0.05) is 12.2 Å². The molecular formula is C12H17N5O3S. The smallest absolute Gasteiger partial charge is 0.200 e. The van der Waals surface area contributed by atoms with Gasteiger partial charge in [0.05, 0.1) is 19.0 Å². The standard InChI is InChI=1S/C12H17N5O3S/c1-18-4-7-6(19-2)3-8(20-7)17-5-14-9-10(17)15-12(13)16-11(9)21/h5-8H,3-4H2,1-2H3,(H3,13,15,16,21)/t6-,7+,8+/m0/s1. The van der Waals surface area contributed by atoms with Crippen LogP contribution in [0, 0.1) is 4.64 Å². The van der Waals surface area contributed by atoms with Crippen LogP contribution >= 0.6 is 12.2 Å². The predicted molar refractivity (Wildman–Crippen MR) is 78.3 cm³/mol. The SMILES string of the molecule is COC[C@H]1O[C@@H](n2cnc3c(=S)[nH]c(N)nc32)C[C@@H]1OC. The average molecular weight is 311 g/mol. The van der Waals surface area contributed by atoms with Crippen molar-refractivity contribution in [2.75, 3.05) is 26.6 Å². The van der Waals surface area contributed by atoms with Crippen LogP contribution in [0.2, 0.25) is 0 Å². The maximum Gasteiger partial charge on any atom is 0.200 e. The fraction of sp³-hybridized carbons (Fsp3) is 0.583. The van der Waals surface area contributed by atoms with E-state index in [0.29, 0.717) is 28.8 Å². The number of nitrogens with two attached hydrogens (primary N) is 1. The summed E-state index contributed by atoms with van der Waals surface area (Å²) in [5.41, 5.74) is 6.93. The van der Waals surface area contributed by atoms with E-state index < -0.39 is 0 Å². The zero-order valence-corrected chi connectivity index (χ0v) is 12.6. The number of H-pyrrole nitrogens is 1. The first kappa shape index (κ1) is 14.4. The molecule has 0 saturated carbocycles. The molecule has 2 aromatic rings. The molecule has 0 bridgehead atoms. The van der Waals surface area contributed by atoms with Gasteiger partial charge in [-0.2, -0.15) is 4.98 Å². The number of anilines is 1. The highest BCUT2D eigenvalue weighted by atomic mass is 32.1. The third kappa shape index (κ3) is 2.53. The van der Waals surface area contributed by atoms with Gasteiger partial charge in [0.1, 0.15) is 22.5 Å². The summed E-state index contributed by atoms with van der Waals surface area (Å²) in [5.74, 6) is 0.254. The van der Waals surface area contributed by atoms with E-state index in [1.807, 2.05) is 4.57 Å². The molecule has 0 aromatic carbocycles. The molecule has 0 aliphatic carbocycles. The van der Waals surface area contributed by atoms with E-state index in [-0.39, 0.29) is 24.4 Å². The largest absolute Gasteiger partial charge is 0.382 e. The quantitative estimate of drug-likeness (QED) is 0.813. The highest BCUT2D eigenvalue weighted by Gasteiger charge is 2.37. The van der Waals surface area contributed by atoms with Crippen LogP contribution in [0.25, 0.3) is 11.2 Å². The second kappa shape index (κ2) is 5.68. The fourth-order valence-corrected chi connectivity index (χ4v) is 2.84. The summed E-state index contributed by atoms with van der Waals surface area (Å²) in [6.45, 7) is 0.470. The minimum Gasteiger partial charge on any atom is -0.382 e. The number of nitrogens with one attached hydrogen (secondary N) is 1. The van der Waals surface area contributed by atoms with Crippen molar-refractivity contribution in [1.82, 2.24) is 19.5 Å². The van der Waals surface area contributed by atoms with Crippen molar-refractivity contribution in [3.8, 4) is 0 Å². The highest BCUT2D eigenvalue weighted by Crippen LogP contribution is 2.32. The molecule has 1 fully saturated rings. The molecule has 1 saturated heterocycles. The Bertz CT molecular complexity index is 700. The van der Waals surface area contributed by atoms with Gasteiger partial charge in [-0.25, -0.2) is 4.98 Å². The molecule has 3 N–H and O–H groups in total. The van der Waals surface area contributed by atoms with Gasteiger partial charge in [-0.05, 0) is 0 Å². The van der Waals surface area contributed by atoms with Gasteiger partial charge < -0.3 is 24.9 Å². The number of aromatic amines is 1. The summed E-state index contributed by atoms with van der Waals surface area (Å²) >= 11 is 5.20. The molecule has 3 atom stereocenters. The van der Waals surface area contributed by atoms with Crippen LogP contribution in [-0.4, -0.2) is 52.6 Å². The molecule has 1 aliphatic heterocycles. The zero-order valence-electron chi connectivity index (χ0n) is 11.8. The first-order valence-corrected chi connectivity index (χ1v) is 6.94. The summed E-state index contributed by atoms with van der Waals surface area (Å²) < 4.78 is 18.9. The summed E-state index contributed by atoms with van der Waals surface area (Å²) in [5, 5.41) is 0. The van der Waals surface area contributed by atoms with Crippen LogP contribution in [0.15, 0.2) is 6.33 Å². The molecule has 2 aromatic heterocycles. The third-order valence-electron chi connectivity index (χ3n) is 3.58. The number of nitrogen functional groups attached to an aromatic ring is 1. The Labute approximate surface area is 126 Å². The summed E-state index contributed by atoms with van der Waals surface area (Å²) in [6, 6.07) is 0. The van der Waals surface area contributed by atoms with Gasteiger partial charge in [0.25, 0.3) is 0 Å². The number of methoxy groups -OCH3 is 2. The summed E-state index contributed by atoms with van der Waals surface area (Å²) in [4.78, 5) is 11.3. The van der Waals surface area contributed by atoms with E-state index in [1.165, 1.54) is 0 Å². The number of aromatic nitrogens is 4. The van der Waals surface area contributed by atoms with Crippen LogP contribution in [0.5, 0.6) is 0 Å². The van der Waals surface area contributed by atoms with Gasteiger partial charge in [0.2, 0.25) is 5.95 Å². The maximum atomic E-state index is 5.99. The first-order valence-electron chi connectivity index (χ1n) is 6.53. The molecule has 114 valence electrons. The minimum atomic E-state index is -0.233. The molecule has 3 heterocycles. The molecule has 9 heteroatoms. The van der Waals surface area contributed by atoms with Crippen LogP contribution in [0.1, 0.15) is 12.6 Å². The number of rotatable bonds is 4. The van der Waals surface area contributed by atoms with E-state index in [9.17, 15) is 0 Å². The van der Waals surface area contributed by atoms with Gasteiger partial charge >= 0.3 is 0 Å². The van der Waals surface area contributed by atoms with Crippen molar-refractivity contribution in [2.24, 2.45) is 0 Å². The molecule has 3 rings (SSSR count). The Kier molecular flexibility index (Phi) is 3.89. The molecular weight excluding hydrogens is 294 g/mol. The van der Waals surface area contributed by atoms with Crippen molar-refractivity contribution < 1.29 is 14.2 Å². The van der Waals surface area contributed by atoms with Crippen molar-refractivity contribution in [2.45, 2.75) is 24.9 Å². The lowest BCUT2D eigenvalue weighted by Gasteiger charge is -2.16. The van der Waals surface area contributed by atoms with Gasteiger partial charge in [0, 0.05) is 20.6 Å². The molecule has 0 amide bonds. The second-order valence-electron chi connectivity index (χ2n) is 4.87. The number of nitrogens with zero attached hydrogens (tertiary/aromatic N) is 3. The summed E-state index contributed by atoms with van der Waals surface area (Å²) in [6.07, 6.45) is 1.95. The topological polar surface area (TPSA) is 100 Å². The number of hydrogen-bond acceptors (Lipinski definition) is 7. The average Bonchev–Trinajstić information content (AvgIpc) is 3.02. The third-order valence-corrected chi connectivity index (χ3v) is 3.87. The monoisotopic (exact) mass is 311 g/mol. The second-order valence-corrected chi connectivity index (χ2v) is 5.28. The fourth-order valence-electron chi connectivity index (χ4n) is 2.59. The lowest BCUT2D eigenvalue weighted by molar-refractivity contribution is -0.0597. The molecule has 0 radical (unpaired) electrons. The Morgan fingerprint density at radius 3 is 3.10 bits per heavy atom. The van der Waals surface area contributed by atoms with Crippen molar-refractivity contribution in [3.63, 3.8) is 0 Å². The Morgan fingerprint density at radius 1 is 1.57 bits per heavy atom.